The lowest BCUT2D eigenvalue weighted by atomic mass is 9.99. The quantitative estimate of drug-likeness (QED) is 0.771. The number of rotatable bonds is 8. The van der Waals surface area contributed by atoms with Crippen molar-refractivity contribution in [2.45, 2.75) is 38.8 Å². The van der Waals surface area contributed by atoms with Gasteiger partial charge in [-0.2, -0.15) is 0 Å². The van der Waals surface area contributed by atoms with E-state index in [1.54, 1.807) is 0 Å². The number of hydrogen-bond acceptors (Lipinski definition) is 4. The van der Waals surface area contributed by atoms with Gasteiger partial charge in [0.2, 0.25) is 0 Å². The molecule has 0 unspecified atom stereocenters. The number of ether oxygens (including phenoxy) is 1. The third-order valence-corrected chi connectivity index (χ3v) is 4.45. The molecule has 1 aliphatic rings. The fraction of sp³-hybridized carbons (Fsp3) is 0.474. The van der Waals surface area contributed by atoms with Gasteiger partial charge in [0.15, 0.2) is 6.61 Å². The smallest absolute Gasteiger partial charge is 0.257 e. The first-order chi connectivity index (χ1) is 12.3. The Morgan fingerprint density at radius 2 is 2.20 bits per heavy atom. The number of amides is 1. The van der Waals surface area contributed by atoms with Crippen molar-refractivity contribution in [2.75, 3.05) is 19.7 Å². The Balaban J connectivity index is 1.43. The van der Waals surface area contributed by atoms with Crippen LogP contribution in [0.4, 0.5) is 0 Å². The normalized spacial score (nSPS) is 16.3. The molecule has 134 valence electrons. The van der Waals surface area contributed by atoms with Crippen LogP contribution < -0.4 is 15.4 Å². The number of likely N-dealkylation sites (N-methyl/N-ethyl adjacent to an activating group) is 1. The van der Waals surface area contributed by atoms with Crippen LogP contribution in [-0.2, 0) is 17.9 Å². The molecule has 2 aromatic rings. The van der Waals surface area contributed by atoms with Crippen LogP contribution in [0.2, 0.25) is 0 Å². The summed E-state index contributed by atoms with van der Waals surface area (Å²) in [5.74, 6) is 2.31. The molecule has 2 heterocycles. The van der Waals surface area contributed by atoms with E-state index < -0.39 is 0 Å². The summed E-state index contributed by atoms with van der Waals surface area (Å²) < 4.78 is 7.72. The molecule has 6 nitrogen and oxygen atoms in total. The van der Waals surface area contributed by atoms with Crippen molar-refractivity contribution in [1.82, 2.24) is 20.2 Å². The Bertz CT molecular complexity index is 681. The Hall–Kier alpha value is -2.34. The van der Waals surface area contributed by atoms with Gasteiger partial charge in [0.25, 0.3) is 5.91 Å². The summed E-state index contributed by atoms with van der Waals surface area (Å²) >= 11 is 0. The van der Waals surface area contributed by atoms with E-state index in [-0.39, 0.29) is 12.5 Å². The van der Waals surface area contributed by atoms with Crippen LogP contribution in [0.3, 0.4) is 0 Å². The summed E-state index contributed by atoms with van der Waals surface area (Å²) in [5, 5.41) is 6.24. The summed E-state index contributed by atoms with van der Waals surface area (Å²) in [6.07, 6.45) is 6.37. The zero-order valence-corrected chi connectivity index (χ0v) is 14.7. The second-order valence-electron chi connectivity index (χ2n) is 6.34. The number of carbonyl (C=O) groups excluding carboxylic acids is 1. The van der Waals surface area contributed by atoms with Crippen molar-refractivity contribution in [3.8, 4) is 5.75 Å². The van der Waals surface area contributed by atoms with E-state index in [1.807, 2.05) is 37.4 Å². The predicted molar refractivity (Wildman–Crippen MR) is 96.5 cm³/mol. The zero-order chi connectivity index (χ0) is 17.5. The molecule has 0 saturated carbocycles. The number of nitrogens with one attached hydrogen (secondary N) is 2. The van der Waals surface area contributed by atoms with Crippen molar-refractivity contribution in [3.63, 3.8) is 0 Å². The summed E-state index contributed by atoms with van der Waals surface area (Å²) in [5.41, 5.74) is 1.20. The Kier molecular flexibility index (Phi) is 6.06. The standard InChI is InChI=1S/C19H26N4O2/c1-2-21-18(24)14-25-17-7-5-15(6-8-17)12-20-13-16-4-3-10-23-11-9-22-19(16)23/h5-9,11,16,20H,2-4,10,12-14H2,1H3,(H,21,24)/t16-/m0/s1. The lowest BCUT2D eigenvalue weighted by Gasteiger charge is -2.23. The number of fused-ring (bicyclic) bond motifs is 1. The molecule has 6 heteroatoms. The third kappa shape index (κ3) is 4.82. The molecule has 1 aliphatic heterocycles. The molecule has 1 amide bonds. The minimum atomic E-state index is -0.0981. The van der Waals surface area contributed by atoms with Crippen molar-refractivity contribution < 1.29 is 9.53 Å². The predicted octanol–water partition coefficient (Wildman–Crippen LogP) is 2.07. The fourth-order valence-electron chi connectivity index (χ4n) is 3.19. The Morgan fingerprint density at radius 3 is 3.00 bits per heavy atom. The highest BCUT2D eigenvalue weighted by atomic mass is 16.5. The van der Waals surface area contributed by atoms with Crippen LogP contribution in [0, 0.1) is 0 Å². The minimum Gasteiger partial charge on any atom is -0.484 e. The van der Waals surface area contributed by atoms with Crippen molar-refractivity contribution in [2.24, 2.45) is 0 Å². The van der Waals surface area contributed by atoms with Gasteiger partial charge in [-0.3, -0.25) is 4.79 Å². The maximum Gasteiger partial charge on any atom is 0.257 e. The molecule has 0 spiro atoms. The van der Waals surface area contributed by atoms with Gasteiger partial charge >= 0.3 is 0 Å². The lowest BCUT2D eigenvalue weighted by Crippen LogP contribution is -2.28. The van der Waals surface area contributed by atoms with Gasteiger partial charge in [0, 0.05) is 44.5 Å². The SMILES string of the molecule is CCNC(=O)COc1ccc(CNC[C@@H]2CCCn3ccnc32)cc1. The number of aromatic nitrogens is 2. The monoisotopic (exact) mass is 342 g/mol. The number of benzene rings is 1. The van der Waals surface area contributed by atoms with Gasteiger partial charge in [0.1, 0.15) is 11.6 Å². The molecule has 0 aliphatic carbocycles. The van der Waals surface area contributed by atoms with Gasteiger partial charge in [0.05, 0.1) is 0 Å². The van der Waals surface area contributed by atoms with E-state index in [0.29, 0.717) is 18.2 Å². The van der Waals surface area contributed by atoms with E-state index in [2.05, 4.69) is 26.4 Å². The molecule has 0 fully saturated rings. The topological polar surface area (TPSA) is 68.2 Å². The Labute approximate surface area is 148 Å². The first-order valence-corrected chi connectivity index (χ1v) is 8.96. The molecular formula is C19H26N4O2. The van der Waals surface area contributed by atoms with Gasteiger partial charge in [-0.25, -0.2) is 4.98 Å². The number of hydrogen-bond donors (Lipinski definition) is 2. The molecule has 0 saturated heterocycles. The average molecular weight is 342 g/mol. The van der Waals surface area contributed by atoms with Crippen LogP contribution in [0.25, 0.3) is 0 Å². The molecule has 1 aromatic heterocycles. The van der Waals surface area contributed by atoms with Crippen LogP contribution in [0.5, 0.6) is 5.75 Å². The second-order valence-corrected chi connectivity index (χ2v) is 6.34. The number of carbonyl (C=O) groups is 1. The van der Waals surface area contributed by atoms with Crippen LogP contribution in [0.15, 0.2) is 36.7 Å². The van der Waals surface area contributed by atoms with Crippen molar-refractivity contribution in [1.29, 1.82) is 0 Å². The number of imidazole rings is 1. The van der Waals surface area contributed by atoms with Crippen molar-refractivity contribution >= 4 is 5.91 Å². The van der Waals surface area contributed by atoms with Crippen molar-refractivity contribution in [3.05, 3.63) is 48.0 Å². The molecule has 2 N–H and O–H groups in total. The van der Waals surface area contributed by atoms with E-state index in [4.69, 9.17) is 4.74 Å². The minimum absolute atomic E-state index is 0.0553. The van der Waals surface area contributed by atoms with Gasteiger partial charge in [-0.1, -0.05) is 12.1 Å². The van der Waals surface area contributed by atoms with E-state index in [9.17, 15) is 4.79 Å². The summed E-state index contributed by atoms with van der Waals surface area (Å²) in [7, 11) is 0. The molecule has 1 aromatic carbocycles. The highest BCUT2D eigenvalue weighted by Gasteiger charge is 2.20. The molecule has 3 rings (SSSR count). The average Bonchev–Trinajstić information content (AvgIpc) is 3.11. The first kappa shape index (κ1) is 17.5. The van der Waals surface area contributed by atoms with E-state index in [0.717, 1.165) is 19.6 Å². The highest BCUT2D eigenvalue weighted by Crippen LogP contribution is 2.24. The summed E-state index contributed by atoms with van der Waals surface area (Å²) in [6.45, 7) is 5.40. The molecule has 25 heavy (non-hydrogen) atoms. The second kappa shape index (κ2) is 8.67. The lowest BCUT2D eigenvalue weighted by molar-refractivity contribution is -0.122. The van der Waals surface area contributed by atoms with Crippen LogP contribution >= 0.6 is 0 Å². The van der Waals surface area contributed by atoms with Crippen LogP contribution in [0.1, 0.15) is 37.1 Å². The van der Waals surface area contributed by atoms with Gasteiger partial charge in [-0.15, -0.1) is 0 Å². The van der Waals surface area contributed by atoms with Crippen LogP contribution in [-0.4, -0.2) is 35.2 Å². The summed E-state index contributed by atoms with van der Waals surface area (Å²) in [6, 6.07) is 7.87. The number of nitrogens with zero attached hydrogens (tertiary/aromatic N) is 2. The third-order valence-electron chi connectivity index (χ3n) is 4.45. The highest BCUT2D eigenvalue weighted by molar-refractivity contribution is 5.77. The largest absolute Gasteiger partial charge is 0.484 e. The maximum atomic E-state index is 11.4. The van der Waals surface area contributed by atoms with E-state index in [1.165, 1.54) is 24.2 Å². The number of aryl methyl sites for hydroxylation is 1. The molecule has 1 atom stereocenters. The van der Waals surface area contributed by atoms with Gasteiger partial charge < -0.3 is 19.9 Å². The van der Waals surface area contributed by atoms with Gasteiger partial charge in [-0.05, 0) is 37.5 Å². The molecule has 0 bridgehead atoms. The molecule has 0 radical (unpaired) electrons. The summed E-state index contributed by atoms with van der Waals surface area (Å²) in [4.78, 5) is 15.9. The maximum absolute atomic E-state index is 11.4. The molecular weight excluding hydrogens is 316 g/mol. The Morgan fingerprint density at radius 1 is 1.36 bits per heavy atom. The fourth-order valence-corrected chi connectivity index (χ4v) is 3.19. The first-order valence-electron chi connectivity index (χ1n) is 8.96. The van der Waals surface area contributed by atoms with E-state index >= 15 is 0 Å². The zero-order valence-electron chi connectivity index (χ0n) is 14.7.